The van der Waals surface area contributed by atoms with E-state index in [-0.39, 0.29) is 17.2 Å². The lowest BCUT2D eigenvalue weighted by molar-refractivity contribution is -0.386. The number of aromatic nitrogens is 1. The SMILES string of the molecule is N#Cc1ccc(Oc2ncc(C(=O)O)cc2[N+](=O)[O-])cc1. The third-order valence-electron chi connectivity index (χ3n) is 2.47. The highest BCUT2D eigenvalue weighted by Gasteiger charge is 2.20. The molecule has 0 atom stereocenters. The van der Waals surface area contributed by atoms with Crippen molar-refractivity contribution >= 4 is 11.7 Å². The second-order valence-electron chi connectivity index (χ2n) is 3.85. The molecule has 0 spiro atoms. The van der Waals surface area contributed by atoms with Crippen LogP contribution in [-0.4, -0.2) is 21.0 Å². The van der Waals surface area contributed by atoms with Gasteiger partial charge in [-0.1, -0.05) is 0 Å². The molecule has 0 saturated carbocycles. The van der Waals surface area contributed by atoms with Crippen molar-refractivity contribution in [3.05, 3.63) is 57.8 Å². The van der Waals surface area contributed by atoms with E-state index in [0.29, 0.717) is 5.56 Å². The number of nitrogens with zero attached hydrogens (tertiary/aromatic N) is 3. The van der Waals surface area contributed by atoms with Gasteiger partial charge >= 0.3 is 11.7 Å². The molecule has 1 aromatic carbocycles. The van der Waals surface area contributed by atoms with Crippen LogP contribution in [-0.2, 0) is 0 Å². The van der Waals surface area contributed by atoms with Crippen molar-refractivity contribution in [2.45, 2.75) is 0 Å². The van der Waals surface area contributed by atoms with E-state index in [9.17, 15) is 14.9 Å². The molecular weight excluding hydrogens is 278 g/mol. The Morgan fingerprint density at radius 1 is 1.38 bits per heavy atom. The van der Waals surface area contributed by atoms with Crippen molar-refractivity contribution in [2.24, 2.45) is 0 Å². The van der Waals surface area contributed by atoms with Gasteiger partial charge in [0.2, 0.25) is 0 Å². The molecule has 0 fully saturated rings. The zero-order valence-corrected chi connectivity index (χ0v) is 10.4. The third kappa shape index (κ3) is 3.10. The van der Waals surface area contributed by atoms with Gasteiger partial charge in [-0.3, -0.25) is 10.1 Å². The van der Waals surface area contributed by atoms with E-state index in [0.717, 1.165) is 12.3 Å². The number of carbonyl (C=O) groups is 1. The van der Waals surface area contributed by atoms with Crippen LogP contribution in [0.2, 0.25) is 0 Å². The van der Waals surface area contributed by atoms with Crippen molar-refractivity contribution in [3.8, 4) is 17.7 Å². The summed E-state index contributed by atoms with van der Waals surface area (Å²) < 4.78 is 5.25. The summed E-state index contributed by atoms with van der Waals surface area (Å²) in [5.74, 6) is -1.40. The molecule has 1 heterocycles. The molecule has 21 heavy (non-hydrogen) atoms. The molecule has 1 N–H and O–H groups in total. The van der Waals surface area contributed by atoms with Gasteiger partial charge in [-0.05, 0) is 24.3 Å². The van der Waals surface area contributed by atoms with Gasteiger partial charge in [-0.25, -0.2) is 9.78 Å². The predicted octanol–water partition coefficient (Wildman–Crippen LogP) is 2.35. The maximum absolute atomic E-state index is 10.9. The van der Waals surface area contributed by atoms with Crippen LogP contribution in [0.15, 0.2) is 36.5 Å². The molecule has 8 nitrogen and oxygen atoms in total. The predicted molar refractivity (Wildman–Crippen MR) is 69.1 cm³/mol. The first-order valence-corrected chi connectivity index (χ1v) is 5.57. The number of nitro groups is 1. The number of nitriles is 1. The molecule has 0 radical (unpaired) electrons. The van der Waals surface area contributed by atoms with Gasteiger partial charge in [0.25, 0.3) is 5.88 Å². The number of carboxylic acid groups (broad SMARTS) is 1. The van der Waals surface area contributed by atoms with E-state index in [1.165, 1.54) is 24.3 Å². The number of hydrogen-bond acceptors (Lipinski definition) is 6. The number of aromatic carboxylic acids is 1. The van der Waals surface area contributed by atoms with Crippen molar-refractivity contribution < 1.29 is 19.6 Å². The van der Waals surface area contributed by atoms with Gasteiger partial charge in [-0.15, -0.1) is 0 Å². The molecule has 8 heteroatoms. The van der Waals surface area contributed by atoms with Crippen LogP contribution in [0.25, 0.3) is 0 Å². The Morgan fingerprint density at radius 3 is 2.57 bits per heavy atom. The van der Waals surface area contributed by atoms with E-state index in [1.54, 1.807) is 0 Å². The van der Waals surface area contributed by atoms with Crippen molar-refractivity contribution in [3.63, 3.8) is 0 Å². The fourth-order valence-electron chi connectivity index (χ4n) is 1.48. The minimum Gasteiger partial charge on any atom is -0.478 e. The van der Waals surface area contributed by atoms with Crippen LogP contribution in [0.1, 0.15) is 15.9 Å². The Kier molecular flexibility index (Phi) is 3.76. The van der Waals surface area contributed by atoms with E-state index in [4.69, 9.17) is 15.1 Å². The first kappa shape index (κ1) is 14.0. The molecule has 0 aliphatic carbocycles. The Labute approximate surface area is 118 Å². The van der Waals surface area contributed by atoms with Crippen molar-refractivity contribution in [2.75, 3.05) is 0 Å². The first-order chi connectivity index (χ1) is 10.0. The molecule has 0 saturated heterocycles. The highest BCUT2D eigenvalue weighted by atomic mass is 16.6. The molecular formula is C13H7N3O5. The number of pyridine rings is 1. The molecule has 0 bridgehead atoms. The molecule has 104 valence electrons. The molecule has 0 unspecified atom stereocenters. The van der Waals surface area contributed by atoms with Gasteiger partial charge in [0.15, 0.2) is 0 Å². The van der Waals surface area contributed by atoms with Crippen molar-refractivity contribution in [1.29, 1.82) is 5.26 Å². The molecule has 0 amide bonds. The summed E-state index contributed by atoms with van der Waals surface area (Å²) in [4.78, 5) is 24.6. The van der Waals surface area contributed by atoms with Gasteiger partial charge in [0, 0.05) is 12.3 Å². The topological polar surface area (TPSA) is 126 Å². The maximum atomic E-state index is 10.9. The van der Waals surface area contributed by atoms with Crippen LogP contribution in [0.5, 0.6) is 11.6 Å². The van der Waals surface area contributed by atoms with Gasteiger partial charge in [0.1, 0.15) is 5.75 Å². The van der Waals surface area contributed by atoms with E-state index < -0.39 is 16.6 Å². The summed E-state index contributed by atoms with van der Waals surface area (Å²) >= 11 is 0. The zero-order chi connectivity index (χ0) is 15.4. The molecule has 2 aromatic rings. The summed E-state index contributed by atoms with van der Waals surface area (Å²) in [5.41, 5.74) is -0.459. The summed E-state index contributed by atoms with van der Waals surface area (Å²) in [7, 11) is 0. The van der Waals surface area contributed by atoms with Crippen LogP contribution < -0.4 is 4.74 Å². The van der Waals surface area contributed by atoms with E-state index >= 15 is 0 Å². The van der Waals surface area contributed by atoms with Crippen molar-refractivity contribution in [1.82, 2.24) is 4.98 Å². The van der Waals surface area contributed by atoms with Crippen LogP contribution >= 0.6 is 0 Å². The highest BCUT2D eigenvalue weighted by Crippen LogP contribution is 2.29. The summed E-state index contributed by atoms with van der Waals surface area (Å²) in [6, 6.07) is 8.66. The number of hydrogen-bond donors (Lipinski definition) is 1. The Bertz CT molecular complexity index is 749. The van der Waals surface area contributed by atoms with Crippen LogP contribution in [0, 0.1) is 21.4 Å². The lowest BCUT2D eigenvalue weighted by Gasteiger charge is -2.05. The van der Waals surface area contributed by atoms with Gasteiger partial charge in [-0.2, -0.15) is 5.26 Å². The fourth-order valence-corrected chi connectivity index (χ4v) is 1.48. The van der Waals surface area contributed by atoms with Crippen LogP contribution in [0.4, 0.5) is 5.69 Å². The monoisotopic (exact) mass is 285 g/mol. The highest BCUT2D eigenvalue weighted by molar-refractivity contribution is 5.88. The molecule has 0 aliphatic heterocycles. The lowest BCUT2D eigenvalue weighted by Crippen LogP contribution is -2.02. The lowest BCUT2D eigenvalue weighted by atomic mass is 10.2. The minimum atomic E-state index is -1.32. The smallest absolute Gasteiger partial charge is 0.337 e. The average Bonchev–Trinajstić information content (AvgIpc) is 2.48. The van der Waals surface area contributed by atoms with Crippen LogP contribution in [0.3, 0.4) is 0 Å². The second kappa shape index (κ2) is 5.66. The maximum Gasteiger partial charge on any atom is 0.337 e. The normalized spacial score (nSPS) is 9.67. The molecule has 1 aromatic heterocycles. The number of rotatable bonds is 4. The third-order valence-corrected chi connectivity index (χ3v) is 2.47. The largest absolute Gasteiger partial charge is 0.478 e. The molecule has 0 aliphatic rings. The number of carboxylic acids is 1. The Morgan fingerprint density at radius 2 is 2.05 bits per heavy atom. The summed E-state index contributed by atoms with van der Waals surface area (Å²) in [6.07, 6.45) is 0.967. The van der Waals surface area contributed by atoms with E-state index in [2.05, 4.69) is 4.98 Å². The second-order valence-corrected chi connectivity index (χ2v) is 3.85. The first-order valence-electron chi connectivity index (χ1n) is 5.57. The summed E-state index contributed by atoms with van der Waals surface area (Å²) in [6.45, 7) is 0. The molecule has 2 rings (SSSR count). The van der Waals surface area contributed by atoms with E-state index in [1.807, 2.05) is 6.07 Å². The number of benzene rings is 1. The van der Waals surface area contributed by atoms with Gasteiger partial charge < -0.3 is 9.84 Å². The quantitative estimate of drug-likeness (QED) is 0.674. The standard InChI is InChI=1S/C13H7N3O5/c14-6-8-1-3-10(4-2-8)21-12-11(16(19)20)5-9(7-15-12)13(17)18/h1-5,7H,(H,17,18). The van der Waals surface area contributed by atoms with Gasteiger partial charge in [0.05, 0.1) is 22.1 Å². The number of ether oxygens (including phenoxy) is 1. The Balaban J connectivity index is 2.36. The zero-order valence-electron chi connectivity index (χ0n) is 10.4. The summed E-state index contributed by atoms with van der Waals surface area (Å²) in [5, 5.41) is 28.4. The Hall–Kier alpha value is -3.47. The minimum absolute atomic E-state index is 0.243. The average molecular weight is 285 g/mol. The fraction of sp³-hybridized carbons (Fsp3) is 0.